The number of anilines is 1. The molecule has 0 radical (unpaired) electrons. The molecule has 3 heterocycles. The van der Waals surface area contributed by atoms with Crippen LogP contribution in [0.3, 0.4) is 0 Å². The largest absolute Gasteiger partial charge is 0.310 e. The van der Waals surface area contributed by atoms with E-state index in [1.54, 1.807) is 11.8 Å². The molecule has 0 amide bonds. The van der Waals surface area contributed by atoms with Gasteiger partial charge >= 0.3 is 0 Å². The summed E-state index contributed by atoms with van der Waals surface area (Å²) >= 11 is 7.66. The van der Waals surface area contributed by atoms with E-state index < -0.39 is 0 Å². The standard InChI is InChI=1S/C24H20ClN5S.BrH/c25-18-12-10-17(11-13-18)21-16-31-24(30(21)19-7-3-1-4-8-19)20(15-26)23-28-27-22-9-5-2-6-14-29(22)23;/h1,3-4,7-8,10-13,16H,2,5-6,9,14H2;1H/b24-20-;. The number of rotatable bonds is 3. The molecule has 0 bridgehead atoms. The van der Waals surface area contributed by atoms with E-state index in [0.29, 0.717) is 16.4 Å². The highest BCUT2D eigenvalue weighted by molar-refractivity contribution is 8.93. The van der Waals surface area contributed by atoms with Gasteiger partial charge in [-0.15, -0.1) is 27.2 Å². The number of nitrogens with zero attached hydrogens (tertiary/aromatic N) is 5. The molecule has 2 aliphatic heterocycles. The van der Waals surface area contributed by atoms with Gasteiger partial charge in [0.15, 0.2) is 5.82 Å². The Morgan fingerprint density at radius 3 is 2.53 bits per heavy atom. The predicted molar refractivity (Wildman–Crippen MR) is 136 cm³/mol. The van der Waals surface area contributed by atoms with Gasteiger partial charge in [-0.2, -0.15) is 5.26 Å². The van der Waals surface area contributed by atoms with Crippen molar-refractivity contribution in [3.8, 4) is 6.07 Å². The molecule has 5 nitrogen and oxygen atoms in total. The Morgan fingerprint density at radius 2 is 1.78 bits per heavy atom. The lowest BCUT2D eigenvalue weighted by molar-refractivity contribution is 0.627. The van der Waals surface area contributed by atoms with Gasteiger partial charge in [-0.05, 0) is 42.7 Å². The van der Waals surface area contributed by atoms with Gasteiger partial charge in [0.25, 0.3) is 0 Å². The second kappa shape index (κ2) is 9.95. The molecule has 2 aliphatic rings. The average molecular weight is 527 g/mol. The number of benzene rings is 2. The summed E-state index contributed by atoms with van der Waals surface area (Å²) in [4.78, 5) is 2.13. The minimum absolute atomic E-state index is 0. The summed E-state index contributed by atoms with van der Waals surface area (Å²) in [6, 6.07) is 20.3. The van der Waals surface area contributed by atoms with Gasteiger partial charge in [-0.3, -0.25) is 0 Å². The highest BCUT2D eigenvalue weighted by Crippen LogP contribution is 2.46. The average Bonchev–Trinajstić information content (AvgIpc) is 3.33. The third kappa shape index (κ3) is 4.23. The predicted octanol–water partition coefficient (Wildman–Crippen LogP) is 6.68. The smallest absolute Gasteiger partial charge is 0.177 e. The topological polar surface area (TPSA) is 57.7 Å². The van der Waals surface area contributed by atoms with E-state index in [-0.39, 0.29) is 17.0 Å². The molecule has 0 fully saturated rings. The number of hydrogen-bond donors (Lipinski definition) is 0. The SMILES string of the molecule is Br.N#C/C(=C1/SC=C(c2ccc(Cl)cc2)N1c1ccccc1)c1nnc2n1CCCCC2. The summed E-state index contributed by atoms with van der Waals surface area (Å²) in [7, 11) is 0. The number of aryl methyl sites for hydroxylation is 1. The van der Waals surface area contributed by atoms with Crippen LogP contribution in [0.5, 0.6) is 0 Å². The van der Waals surface area contributed by atoms with Crippen molar-refractivity contribution in [1.29, 1.82) is 5.26 Å². The Labute approximate surface area is 207 Å². The van der Waals surface area contributed by atoms with E-state index in [4.69, 9.17) is 11.6 Å². The van der Waals surface area contributed by atoms with Gasteiger partial charge < -0.3 is 9.47 Å². The maximum Gasteiger partial charge on any atom is 0.177 e. The van der Waals surface area contributed by atoms with Gasteiger partial charge in [0.05, 0.1) is 5.70 Å². The van der Waals surface area contributed by atoms with E-state index in [1.165, 1.54) is 6.42 Å². The fraction of sp³-hybridized carbons (Fsp3) is 0.208. The van der Waals surface area contributed by atoms with Crippen molar-refractivity contribution >= 4 is 57.3 Å². The number of allylic oxidation sites excluding steroid dienone is 1. The minimum Gasteiger partial charge on any atom is -0.310 e. The molecule has 32 heavy (non-hydrogen) atoms. The molecule has 0 saturated heterocycles. The Bertz CT molecular complexity index is 1210. The molecule has 1 aromatic heterocycles. The maximum atomic E-state index is 10.2. The van der Waals surface area contributed by atoms with Crippen LogP contribution in [-0.4, -0.2) is 14.8 Å². The molecule has 0 unspecified atom stereocenters. The fourth-order valence-electron chi connectivity index (χ4n) is 4.01. The molecule has 0 N–H and O–H groups in total. The summed E-state index contributed by atoms with van der Waals surface area (Å²) in [5, 5.41) is 22.7. The fourth-order valence-corrected chi connectivity index (χ4v) is 5.17. The summed E-state index contributed by atoms with van der Waals surface area (Å²) in [5.41, 5.74) is 3.58. The third-order valence-electron chi connectivity index (χ3n) is 5.54. The number of para-hydroxylation sites is 1. The van der Waals surface area contributed by atoms with Crippen LogP contribution in [0.15, 0.2) is 65.0 Å². The Hall–Kier alpha value is -2.53. The number of halogens is 2. The quantitative estimate of drug-likeness (QED) is 0.356. The first-order valence-electron chi connectivity index (χ1n) is 10.3. The number of hydrogen-bond acceptors (Lipinski definition) is 5. The molecule has 2 aromatic carbocycles. The van der Waals surface area contributed by atoms with Crippen molar-refractivity contribution in [3.63, 3.8) is 0 Å². The van der Waals surface area contributed by atoms with E-state index in [2.05, 4.69) is 43.3 Å². The summed E-state index contributed by atoms with van der Waals surface area (Å²) in [6.07, 6.45) is 4.28. The number of thioether (sulfide) groups is 1. The Balaban J connectivity index is 0.00000245. The Morgan fingerprint density at radius 1 is 1.00 bits per heavy atom. The van der Waals surface area contributed by atoms with Crippen molar-refractivity contribution in [2.24, 2.45) is 0 Å². The van der Waals surface area contributed by atoms with Crippen LogP contribution in [0, 0.1) is 11.3 Å². The summed E-state index contributed by atoms with van der Waals surface area (Å²) in [5.74, 6) is 1.63. The monoisotopic (exact) mass is 525 g/mol. The molecule has 0 atom stereocenters. The van der Waals surface area contributed by atoms with Crippen molar-refractivity contribution in [2.75, 3.05) is 4.90 Å². The van der Waals surface area contributed by atoms with Crippen molar-refractivity contribution in [3.05, 3.63) is 87.3 Å². The maximum absolute atomic E-state index is 10.2. The molecule has 5 rings (SSSR count). The van der Waals surface area contributed by atoms with E-state index >= 15 is 0 Å². The second-order valence-electron chi connectivity index (χ2n) is 7.49. The lowest BCUT2D eigenvalue weighted by atomic mass is 10.1. The van der Waals surface area contributed by atoms with Crippen LogP contribution in [0.4, 0.5) is 5.69 Å². The van der Waals surface area contributed by atoms with Gasteiger partial charge in [0.1, 0.15) is 22.5 Å². The molecule has 0 aliphatic carbocycles. The first-order valence-corrected chi connectivity index (χ1v) is 11.6. The summed E-state index contributed by atoms with van der Waals surface area (Å²) in [6.45, 7) is 0.851. The zero-order valence-electron chi connectivity index (χ0n) is 17.2. The first kappa shape index (κ1) is 22.7. The number of aromatic nitrogens is 3. The third-order valence-corrected chi connectivity index (χ3v) is 6.74. The van der Waals surface area contributed by atoms with Crippen LogP contribution >= 0.6 is 40.3 Å². The molecular weight excluding hydrogens is 506 g/mol. The first-order chi connectivity index (χ1) is 15.3. The van der Waals surface area contributed by atoms with Gasteiger partial charge in [0.2, 0.25) is 0 Å². The Kier molecular flexibility index (Phi) is 7.04. The highest BCUT2D eigenvalue weighted by Gasteiger charge is 2.30. The van der Waals surface area contributed by atoms with Gasteiger partial charge in [-0.1, -0.05) is 60.1 Å². The van der Waals surface area contributed by atoms with Gasteiger partial charge in [-0.25, -0.2) is 0 Å². The molecule has 162 valence electrons. The van der Waals surface area contributed by atoms with Crippen LogP contribution in [0.1, 0.15) is 36.5 Å². The molecule has 8 heteroatoms. The second-order valence-corrected chi connectivity index (χ2v) is 8.79. The van der Waals surface area contributed by atoms with Crippen molar-refractivity contribution in [2.45, 2.75) is 32.2 Å². The zero-order valence-corrected chi connectivity index (χ0v) is 20.5. The zero-order chi connectivity index (χ0) is 21.2. The van der Waals surface area contributed by atoms with E-state index in [9.17, 15) is 5.26 Å². The molecule has 0 saturated carbocycles. The van der Waals surface area contributed by atoms with Crippen LogP contribution < -0.4 is 4.90 Å². The lowest BCUT2D eigenvalue weighted by Gasteiger charge is -2.25. The number of nitriles is 1. The van der Waals surface area contributed by atoms with E-state index in [1.807, 2.05) is 42.5 Å². The van der Waals surface area contributed by atoms with Crippen LogP contribution in [0.2, 0.25) is 5.02 Å². The van der Waals surface area contributed by atoms with Crippen LogP contribution in [-0.2, 0) is 13.0 Å². The van der Waals surface area contributed by atoms with E-state index in [0.717, 1.165) is 53.6 Å². The highest BCUT2D eigenvalue weighted by atomic mass is 79.9. The molecule has 0 spiro atoms. The van der Waals surface area contributed by atoms with Crippen molar-refractivity contribution in [1.82, 2.24) is 14.8 Å². The molecular formula is C24H21BrClN5S. The van der Waals surface area contributed by atoms with Crippen LogP contribution in [0.25, 0.3) is 11.3 Å². The number of fused-ring (bicyclic) bond motifs is 1. The summed E-state index contributed by atoms with van der Waals surface area (Å²) < 4.78 is 2.13. The minimum atomic E-state index is 0. The normalized spacial score (nSPS) is 17.0. The lowest BCUT2D eigenvalue weighted by Crippen LogP contribution is -2.18. The molecule has 3 aromatic rings. The van der Waals surface area contributed by atoms with Gasteiger partial charge in [0, 0.05) is 29.1 Å². The van der Waals surface area contributed by atoms with Crippen molar-refractivity contribution < 1.29 is 0 Å².